The van der Waals surface area contributed by atoms with E-state index in [9.17, 15) is 0 Å². The van der Waals surface area contributed by atoms with Crippen LogP contribution in [0.25, 0.3) is 0 Å². The lowest BCUT2D eigenvalue weighted by atomic mass is 9.77. The Morgan fingerprint density at radius 3 is 2.59 bits per heavy atom. The molecule has 1 fully saturated rings. The summed E-state index contributed by atoms with van der Waals surface area (Å²) in [5, 5.41) is 0. The lowest BCUT2D eigenvalue weighted by Crippen LogP contribution is -2.45. The topological polar surface area (TPSA) is 45.2 Å². The molecule has 5 heteroatoms. The number of hydrogen-bond acceptors (Lipinski definition) is 5. The van der Waals surface area contributed by atoms with E-state index >= 15 is 0 Å². The molecule has 156 valence electrons. The highest BCUT2D eigenvalue weighted by molar-refractivity contribution is 5.54. The molecule has 1 saturated heterocycles. The molecule has 0 bridgehead atoms. The molecule has 2 aliphatic rings. The minimum Gasteiger partial charge on any atom is -0.360 e. The van der Waals surface area contributed by atoms with Crippen molar-refractivity contribution < 1.29 is 0 Å². The van der Waals surface area contributed by atoms with E-state index in [1.807, 2.05) is 12.4 Å². The van der Waals surface area contributed by atoms with Crippen LogP contribution in [0.15, 0.2) is 24.5 Å². The standard InChI is InChI=1S/C24H35N5/c1-6-28(5)21-19-8-12-24(20(19)26-22(27-21)23(2,3)4)11-7-15-29(17-24)16-18-9-13-25-14-10-18/h9-10,13-14H,6-8,11-12,15-17H2,1-5H3. The summed E-state index contributed by atoms with van der Waals surface area (Å²) in [5.41, 5.74) is 4.21. The van der Waals surface area contributed by atoms with Gasteiger partial charge in [0.15, 0.2) is 0 Å². The molecule has 29 heavy (non-hydrogen) atoms. The average Bonchev–Trinajstić information content (AvgIpc) is 3.05. The van der Waals surface area contributed by atoms with Crippen LogP contribution in [0.5, 0.6) is 0 Å². The van der Waals surface area contributed by atoms with E-state index in [0.717, 1.165) is 37.7 Å². The Bertz CT molecular complexity index is 858. The Hall–Kier alpha value is -2.01. The van der Waals surface area contributed by atoms with Gasteiger partial charge in [-0.05, 0) is 56.8 Å². The van der Waals surface area contributed by atoms with Crippen molar-refractivity contribution in [3.63, 3.8) is 0 Å². The quantitative estimate of drug-likeness (QED) is 0.782. The van der Waals surface area contributed by atoms with Crippen molar-refractivity contribution >= 4 is 5.82 Å². The Labute approximate surface area is 175 Å². The molecule has 1 unspecified atom stereocenters. The molecular weight excluding hydrogens is 358 g/mol. The normalized spacial score (nSPS) is 22.1. The van der Waals surface area contributed by atoms with Gasteiger partial charge in [0.25, 0.3) is 0 Å². The molecule has 4 rings (SSSR count). The van der Waals surface area contributed by atoms with Crippen LogP contribution in [0.1, 0.15) is 69.6 Å². The Morgan fingerprint density at radius 1 is 1.14 bits per heavy atom. The molecule has 0 radical (unpaired) electrons. The first kappa shape index (κ1) is 20.3. The highest BCUT2D eigenvalue weighted by Gasteiger charge is 2.45. The molecule has 2 aromatic rings. The summed E-state index contributed by atoms with van der Waals surface area (Å²) in [6.07, 6.45) is 8.57. The van der Waals surface area contributed by atoms with E-state index in [1.54, 1.807) is 0 Å². The van der Waals surface area contributed by atoms with Crippen LogP contribution < -0.4 is 4.90 Å². The van der Waals surface area contributed by atoms with Gasteiger partial charge in [-0.15, -0.1) is 0 Å². The lowest BCUT2D eigenvalue weighted by Gasteiger charge is -2.41. The predicted molar refractivity (Wildman–Crippen MR) is 118 cm³/mol. The van der Waals surface area contributed by atoms with Gasteiger partial charge in [-0.1, -0.05) is 20.8 Å². The lowest BCUT2D eigenvalue weighted by molar-refractivity contribution is 0.136. The van der Waals surface area contributed by atoms with Crippen molar-refractivity contribution in [3.05, 3.63) is 47.2 Å². The minimum atomic E-state index is -0.0481. The SMILES string of the molecule is CCN(C)c1nc(C(C)(C)C)nc2c1CCC21CCCN(Cc2ccncc2)C1. The van der Waals surface area contributed by atoms with Gasteiger partial charge in [-0.3, -0.25) is 9.88 Å². The monoisotopic (exact) mass is 393 g/mol. The summed E-state index contributed by atoms with van der Waals surface area (Å²) in [6.45, 7) is 13.1. The van der Waals surface area contributed by atoms with Crippen LogP contribution in [-0.2, 0) is 23.8 Å². The zero-order valence-electron chi connectivity index (χ0n) is 18.7. The van der Waals surface area contributed by atoms with Gasteiger partial charge in [0.1, 0.15) is 11.6 Å². The summed E-state index contributed by atoms with van der Waals surface area (Å²) in [6, 6.07) is 4.27. The van der Waals surface area contributed by atoms with E-state index in [4.69, 9.17) is 9.97 Å². The van der Waals surface area contributed by atoms with E-state index in [2.05, 4.69) is 61.7 Å². The Morgan fingerprint density at radius 2 is 1.90 bits per heavy atom. The molecule has 1 aliphatic carbocycles. The highest BCUT2D eigenvalue weighted by atomic mass is 15.2. The van der Waals surface area contributed by atoms with E-state index in [0.29, 0.717) is 0 Å². The number of anilines is 1. The fraction of sp³-hybridized carbons (Fsp3) is 0.625. The third-order valence-electron chi connectivity index (χ3n) is 6.66. The molecule has 2 aromatic heterocycles. The number of aromatic nitrogens is 3. The summed E-state index contributed by atoms with van der Waals surface area (Å²) in [7, 11) is 2.16. The van der Waals surface area contributed by atoms with Crippen LogP contribution in [0, 0.1) is 0 Å². The first-order chi connectivity index (χ1) is 13.8. The fourth-order valence-electron chi connectivity index (χ4n) is 4.93. The molecule has 0 N–H and O–H groups in total. The first-order valence-electron chi connectivity index (χ1n) is 11.1. The van der Waals surface area contributed by atoms with Crippen molar-refractivity contribution in [2.24, 2.45) is 0 Å². The first-order valence-corrected chi connectivity index (χ1v) is 11.1. The Kier molecular flexibility index (Phi) is 5.36. The summed E-state index contributed by atoms with van der Waals surface area (Å²) < 4.78 is 0. The fourth-order valence-corrected chi connectivity index (χ4v) is 4.93. The van der Waals surface area contributed by atoms with Gasteiger partial charge in [0, 0.05) is 55.5 Å². The molecule has 0 saturated carbocycles. The Balaban J connectivity index is 1.70. The second-order valence-electron chi connectivity index (χ2n) is 9.91. The maximum Gasteiger partial charge on any atom is 0.136 e. The van der Waals surface area contributed by atoms with E-state index in [-0.39, 0.29) is 10.8 Å². The maximum atomic E-state index is 5.25. The van der Waals surface area contributed by atoms with E-state index in [1.165, 1.54) is 42.6 Å². The van der Waals surface area contributed by atoms with Crippen LogP contribution >= 0.6 is 0 Å². The summed E-state index contributed by atoms with van der Waals surface area (Å²) >= 11 is 0. The molecule has 0 amide bonds. The predicted octanol–water partition coefficient (Wildman–Crippen LogP) is 4.11. The zero-order valence-corrected chi connectivity index (χ0v) is 18.7. The van der Waals surface area contributed by atoms with Crippen LogP contribution in [0.4, 0.5) is 5.82 Å². The molecular formula is C24H35N5. The third-order valence-corrected chi connectivity index (χ3v) is 6.66. The number of rotatable bonds is 4. The van der Waals surface area contributed by atoms with Crippen LogP contribution in [0.2, 0.25) is 0 Å². The summed E-state index contributed by atoms with van der Waals surface area (Å²) in [5.74, 6) is 2.14. The van der Waals surface area contributed by atoms with Gasteiger partial charge in [0.2, 0.25) is 0 Å². The van der Waals surface area contributed by atoms with Gasteiger partial charge in [-0.2, -0.15) is 0 Å². The highest BCUT2D eigenvalue weighted by Crippen LogP contribution is 2.47. The van der Waals surface area contributed by atoms with Crippen LogP contribution in [0.3, 0.4) is 0 Å². The molecule has 1 aliphatic heterocycles. The van der Waals surface area contributed by atoms with Gasteiger partial charge >= 0.3 is 0 Å². The molecule has 1 atom stereocenters. The van der Waals surface area contributed by atoms with Crippen molar-refractivity contribution in [1.29, 1.82) is 0 Å². The second kappa shape index (κ2) is 7.67. The summed E-state index contributed by atoms with van der Waals surface area (Å²) in [4.78, 5) is 19.4. The molecule has 3 heterocycles. The number of pyridine rings is 1. The zero-order chi connectivity index (χ0) is 20.6. The van der Waals surface area contributed by atoms with Gasteiger partial charge in [0.05, 0.1) is 5.69 Å². The number of piperidine rings is 1. The van der Waals surface area contributed by atoms with E-state index < -0.39 is 0 Å². The maximum absolute atomic E-state index is 5.25. The number of nitrogens with zero attached hydrogens (tertiary/aromatic N) is 5. The average molecular weight is 394 g/mol. The number of fused-ring (bicyclic) bond motifs is 2. The van der Waals surface area contributed by atoms with Crippen molar-refractivity contribution in [1.82, 2.24) is 19.9 Å². The van der Waals surface area contributed by atoms with Crippen LogP contribution in [-0.4, -0.2) is 46.5 Å². The molecule has 1 spiro atoms. The van der Waals surface area contributed by atoms with Crippen molar-refractivity contribution in [2.75, 3.05) is 31.6 Å². The third kappa shape index (κ3) is 3.89. The smallest absolute Gasteiger partial charge is 0.136 e. The number of hydrogen-bond donors (Lipinski definition) is 0. The van der Waals surface area contributed by atoms with Gasteiger partial charge in [-0.25, -0.2) is 9.97 Å². The number of likely N-dealkylation sites (tertiary alicyclic amines) is 1. The van der Waals surface area contributed by atoms with Gasteiger partial charge < -0.3 is 4.90 Å². The van der Waals surface area contributed by atoms with Crippen molar-refractivity contribution in [3.8, 4) is 0 Å². The second-order valence-corrected chi connectivity index (χ2v) is 9.91. The molecule has 0 aromatic carbocycles. The minimum absolute atomic E-state index is 0.0481. The largest absolute Gasteiger partial charge is 0.360 e. The molecule has 5 nitrogen and oxygen atoms in total. The van der Waals surface area contributed by atoms with Crippen molar-refractivity contribution in [2.45, 2.75) is 70.8 Å².